The lowest BCUT2D eigenvalue weighted by Crippen LogP contribution is -2.65. The summed E-state index contributed by atoms with van der Waals surface area (Å²) in [7, 11) is 0.0681. The fourth-order valence-corrected chi connectivity index (χ4v) is 10.2. The highest BCUT2D eigenvalue weighted by molar-refractivity contribution is 7.88. The van der Waals surface area contributed by atoms with Crippen molar-refractivity contribution >= 4 is 63.7 Å². The second kappa shape index (κ2) is 32.2. The Morgan fingerprint density at radius 3 is 1.57 bits per heavy atom. The van der Waals surface area contributed by atoms with E-state index in [1.165, 1.54) is 50.7 Å². The topological polar surface area (TPSA) is 294 Å². The average Bonchev–Trinajstić information content (AvgIpc) is 3.78. The van der Waals surface area contributed by atoms with Gasteiger partial charge in [-0.1, -0.05) is 87.0 Å². The molecule has 6 atom stereocenters. The predicted octanol–water partition coefficient (Wildman–Crippen LogP) is 2.80. The molecule has 0 spiro atoms. The van der Waals surface area contributed by atoms with Crippen LogP contribution in [0.1, 0.15) is 180 Å². The molecule has 0 aromatic carbocycles. The smallest absolute Gasteiger partial charge is 0.246 e. The van der Waals surface area contributed by atoms with Gasteiger partial charge in [0.1, 0.15) is 40.8 Å². The molecule has 0 unspecified atom stereocenters. The van der Waals surface area contributed by atoms with Crippen molar-refractivity contribution < 1.29 is 51.6 Å². The molecule has 1 saturated heterocycles. The van der Waals surface area contributed by atoms with E-state index in [1.54, 1.807) is 0 Å². The van der Waals surface area contributed by atoms with Crippen molar-refractivity contribution in [3.05, 3.63) is 0 Å². The molecule has 0 bridgehead atoms. The van der Waals surface area contributed by atoms with Crippen molar-refractivity contribution in [2.24, 2.45) is 17.8 Å². The summed E-state index contributed by atoms with van der Waals surface area (Å²) in [6, 6.07) is -4.70. The van der Waals surface area contributed by atoms with E-state index < -0.39 is 98.3 Å². The summed E-state index contributed by atoms with van der Waals surface area (Å²) in [4.78, 5) is 126. The Bertz CT molecular complexity index is 2080. The molecule has 22 nitrogen and oxygen atoms in total. The van der Waals surface area contributed by atoms with E-state index in [9.17, 15) is 51.6 Å². The first-order valence-electron chi connectivity index (χ1n) is 27.8. The maximum absolute atomic E-state index is 14.4. The highest BCUT2D eigenvalue weighted by atomic mass is 32.2. The van der Waals surface area contributed by atoms with Crippen molar-refractivity contribution in [3.63, 3.8) is 0 Å². The zero-order valence-corrected chi connectivity index (χ0v) is 50.6. The van der Waals surface area contributed by atoms with Crippen LogP contribution in [-0.4, -0.2) is 169 Å². The van der Waals surface area contributed by atoms with Gasteiger partial charge in [-0.2, -0.15) is 4.31 Å². The van der Waals surface area contributed by atoms with E-state index in [4.69, 9.17) is 0 Å². The number of hydrogen-bond acceptors (Lipinski definition) is 12. The molecule has 23 heteroatoms. The van der Waals surface area contributed by atoms with Crippen molar-refractivity contribution in [3.8, 4) is 0 Å². The quantitative estimate of drug-likeness (QED) is 0.0332. The number of rotatable bonds is 36. The molecule has 1 fully saturated rings. The Hall–Kier alpha value is -4.90. The Balaban J connectivity index is 3.28. The lowest BCUT2D eigenvalue weighted by molar-refractivity contribution is -0.140. The average molecular weight is 1110 g/mol. The Kier molecular flexibility index (Phi) is 29.4. The van der Waals surface area contributed by atoms with Crippen LogP contribution in [0.4, 0.5) is 0 Å². The predicted molar refractivity (Wildman–Crippen MR) is 299 cm³/mol. The van der Waals surface area contributed by atoms with Crippen LogP contribution in [0, 0.1) is 17.8 Å². The van der Waals surface area contributed by atoms with Crippen LogP contribution in [0.25, 0.3) is 0 Å². The number of unbranched alkanes of at least 4 members (excludes halogenated alkanes) is 5. The third-order valence-electron chi connectivity index (χ3n) is 13.3. The van der Waals surface area contributed by atoms with Gasteiger partial charge in [-0.25, -0.2) is 8.42 Å². The first kappa shape index (κ1) is 70.1. The van der Waals surface area contributed by atoms with Crippen LogP contribution >= 0.6 is 0 Å². The van der Waals surface area contributed by atoms with Gasteiger partial charge in [-0.15, -0.1) is 0 Å². The molecule has 8 N–H and O–H groups in total. The molecular weight excluding hydrogens is 1010 g/mol. The van der Waals surface area contributed by atoms with E-state index in [0.29, 0.717) is 32.2 Å². The van der Waals surface area contributed by atoms with Crippen LogP contribution in [-0.2, 0) is 53.2 Å². The molecule has 0 radical (unpaired) electrons. The Labute approximate surface area is 461 Å². The van der Waals surface area contributed by atoms with Crippen molar-refractivity contribution in [1.82, 2.24) is 56.6 Å². The molecule has 0 saturated carbocycles. The summed E-state index contributed by atoms with van der Waals surface area (Å²) in [5, 5.41) is 22.1. The third kappa shape index (κ3) is 25.2. The molecule has 1 heterocycles. The number of carbonyl (C=O) groups is 9. The largest absolute Gasteiger partial charge is 0.354 e. The Morgan fingerprint density at radius 1 is 0.623 bits per heavy atom. The minimum atomic E-state index is -3.72. The number of nitrogens with one attached hydrogen (secondary N) is 8. The number of hydrogen-bond donors (Lipinski definition) is 8. The molecule has 444 valence electrons. The minimum absolute atomic E-state index is 0.0251. The van der Waals surface area contributed by atoms with E-state index in [1.807, 2.05) is 67.5 Å². The number of sulfonamides is 1. The molecule has 1 aliphatic heterocycles. The third-order valence-corrected chi connectivity index (χ3v) is 14.5. The van der Waals surface area contributed by atoms with Crippen LogP contribution < -0.4 is 42.5 Å². The molecule has 1 aliphatic rings. The first-order valence-corrected chi connectivity index (χ1v) is 29.6. The fraction of sp³-hybridized carbons (Fsp3) is 0.833. The number of likely N-dealkylation sites (N-methyl/N-ethyl adjacent to an activating group) is 1. The molecular formula is C54H101N11O11S. The summed E-state index contributed by atoms with van der Waals surface area (Å²) in [5.74, 6) is -5.28. The van der Waals surface area contributed by atoms with Gasteiger partial charge in [0.05, 0.1) is 12.4 Å². The normalized spacial score (nSPS) is 16.5. The molecule has 0 aliphatic carbocycles. The maximum atomic E-state index is 14.4. The second-order valence-corrected chi connectivity index (χ2v) is 26.1. The lowest BCUT2D eigenvalue weighted by Gasteiger charge is -2.37. The van der Waals surface area contributed by atoms with Gasteiger partial charge in [-0.3, -0.25) is 43.2 Å². The van der Waals surface area contributed by atoms with Gasteiger partial charge in [0.15, 0.2) is 0 Å². The van der Waals surface area contributed by atoms with Gasteiger partial charge in [-0.05, 0) is 119 Å². The van der Waals surface area contributed by atoms with Gasteiger partial charge in [0.2, 0.25) is 63.7 Å². The van der Waals surface area contributed by atoms with Gasteiger partial charge >= 0.3 is 0 Å². The SMILES string of the molecule is CCCCCCCC[C@@H](C(=O)N[C@@H](CC(C)C)C(=O)NC(C)(C)C(=O)N[C@@H](CC(C)C)C(=O)N[C@@H](CC(C)C)C(=O)NC(C)(C)C(=O)NC(C)(C)C(=O)NCCC(=O)N[C@@H](C)CN(C)C)N(C=O)[C@@H]1CCCN1S(C)(=O)=O. The van der Waals surface area contributed by atoms with Gasteiger partial charge < -0.3 is 52.3 Å². The summed E-state index contributed by atoms with van der Waals surface area (Å²) in [5.41, 5.74) is -4.70. The maximum Gasteiger partial charge on any atom is 0.246 e. The van der Waals surface area contributed by atoms with E-state index in [2.05, 4.69) is 49.5 Å². The van der Waals surface area contributed by atoms with Gasteiger partial charge in [0.25, 0.3) is 0 Å². The summed E-state index contributed by atoms with van der Waals surface area (Å²) in [6.07, 6.45) is 7.69. The summed E-state index contributed by atoms with van der Waals surface area (Å²) >= 11 is 0. The highest BCUT2D eigenvalue weighted by Gasteiger charge is 2.43. The Morgan fingerprint density at radius 2 is 1.09 bits per heavy atom. The lowest BCUT2D eigenvalue weighted by atomic mass is 9.96. The fourth-order valence-electron chi connectivity index (χ4n) is 9.13. The first-order chi connectivity index (χ1) is 35.5. The molecule has 77 heavy (non-hydrogen) atoms. The van der Waals surface area contributed by atoms with Crippen LogP contribution in [0.5, 0.6) is 0 Å². The van der Waals surface area contributed by atoms with E-state index in [0.717, 1.165) is 38.4 Å². The summed E-state index contributed by atoms with van der Waals surface area (Å²) in [6.45, 7) is 24.8. The molecule has 0 aromatic rings. The van der Waals surface area contributed by atoms with Crippen molar-refractivity contribution in [1.29, 1.82) is 0 Å². The van der Waals surface area contributed by atoms with Crippen molar-refractivity contribution in [2.75, 3.05) is 40.0 Å². The van der Waals surface area contributed by atoms with Crippen LogP contribution in [0.2, 0.25) is 0 Å². The summed E-state index contributed by atoms with van der Waals surface area (Å²) < 4.78 is 26.8. The number of carbonyl (C=O) groups excluding carboxylic acids is 9. The standard InChI is InChI=1S/C54H101N11O11S/c1-18-19-20-21-22-23-25-42(64(34-66)44-26-24-29-65(44)77(17,75)76)48(71)58-41(32-37(6)7)47(70)60-53(11,12)50(73)59-39(30-35(2)3)45(68)57-40(31-36(4)5)46(69)61-54(13,14)51(74)62-52(9,10)49(72)55-28-27-43(67)56-38(8)33-63(15)16/h34-42,44H,18-33H2,1-17H3,(H,55,72)(H,56,67)(H,57,68)(H,58,71)(H,59,73)(H,60,70)(H,61,69)(H,62,74)/t38-,39-,40-,41-,42-,44-/m0/s1. The zero-order chi connectivity index (χ0) is 59.2. The molecule has 1 rings (SSSR count). The van der Waals surface area contributed by atoms with E-state index in [-0.39, 0.29) is 74.9 Å². The molecule has 9 amide bonds. The minimum Gasteiger partial charge on any atom is -0.354 e. The highest BCUT2D eigenvalue weighted by Crippen LogP contribution is 2.27. The zero-order valence-electron chi connectivity index (χ0n) is 49.8. The number of amides is 9. The van der Waals surface area contributed by atoms with Crippen LogP contribution in [0.3, 0.4) is 0 Å². The monoisotopic (exact) mass is 1110 g/mol. The van der Waals surface area contributed by atoms with Gasteiger partial charge in [0, 0.05) is 32.1 Å². The van der Waals surface area contributed by atoms with E-state index >= 15 is 0 Å². The van der Waals surface area contributed by atoms with Crippen molar-refractivity contribution in [2.45, 2.75) is 233 Å². The number of nitrogens with zero attached hydrogens (tertiary/aromatic N) is 3. The van der Waals surface area contributed by atoms with Crippen LogP contribution in [0.15, 0.2) is 0 Å². The second-order valence-electron chi connectivity index (χ2n) is 24.2. The molecule has 0 aromatic heterocycles.